The summed E-state index contributed by atoms with van der Waals surface area (Å²) in [5, 5.41) is 1.10. The Kier molecular flexibility index (Phi) is 4.55. The number of thiophene rings is 1. The number of carbonyl (C=O) groups excluding carboxylic acids is 1. The maximum Gasteiger partial charge on any atom is 0.203 e. The summed E-state index contributed by atoms with van der Waals surface area (Å²) < 4.78 is 6.68. The number of carbonyl (C=O) groups is 1. The molecular weight excluding hydrogens is 340 g/mol. The highest BCUT2D eigenvalue weighted by atomic mass is 32.1. The van der Waals surface area contributed by atoms with Crippen molar-refractivity contribution in [1.82, 2.24) is 0 Å². The Hall–Kier alpha value is -2.91. The summed E-state index contributed by atoms with van der Waals surface area (Å²) in [6.07, 6.45) is 0.664. The number of ketones is 1. The van der Waals surface area contributed by atoms with E-state index in [1.807, 2.05) is 66.7 Å². The van der Waals surface area contributed by atoms with E-state index >= 15 is 0 Å². The summed E-state index contributed by atoms with van der Waals surface area (Å²) in [5.74, 6) is 0.803. The molecule has 0 unspecified atom stereocenters. The van der Waals surface area contributed by atoms with Crippen LogP contribution in [0, 0.1) is 0 Å². The van der Waals surface area contributed by atoms with Crippen molar-refractivity contribution in [3.8, 4) is 5.75 Å². The van der Waals surface area contributed by atoms with Gasteiger partial charge < -0.3 is 4.74 Å². The molecule has 0 aliphatic carbocycles. The lowest BCUT2D eigenvalue weighted by Crippen LogP contribution is -2.06. The van der Waals surface area contributed by atoms with Crippen LogP contribution in [-0.2, 0) is 6.42 Å². The number of methoxy groups -OCH3 is 1. The molecule has 128 valence electrons. The molecule has 0 atom stereocenters. The van der Waals surface area contributed by atoms with Gasteiger partial charge in [-0.3, -0.25) is 4.79 Å². The molecule has 3 aromatic carbocycles. The third-order valence-corrected chi connectivity index (χ3v) is 5.59. The van der Waals surface area contributed by atoms with E-state index < -0.39 is 0 Å². The molecule has 0 N–H and O–H groups in total. The predicted molar refractivity (Wildman–Crippen MR) is 107 cm³/mol. The molecule has 0 saturated carbocycles. The van der Waals surface area contributed by atoms with E-state index in [4.69, 9.17) is 4.74 Å². The molecule has 2 nitrogen and oxygen atoms in total. The zero-order chi connectivity index (χ0) is 17.9. The van der Waals surface area contributed by atoms with Gasteiger partial charge in [-0.05, 0) is 29.1 Å². The minimum atomic E-state index is 0.0519. The van der Waals surface area contributed by atoms with E-state index in [2.05, 4.69) is 12.1 Å². The van der Waals surface area contributed by atoms with Crippen molar-refractivity contribution < 1.29 is 9.53 Å². The second-order valence-electron chi connectivity index (χ2n) is 6.13. The molecule has 4 rings (SSSR count). The Balaban J connectivity index is 1.78. The van der Waals surface area contributed by atoms with Gasteiger partial charge in [0.25, 0.3) is 0 Å². The van der Waals surface area contributed by atoms with Gasteiger partial charge >= 0.3 is 0 Å². The molecular formula is C23H18O2S. The van der Waals surface area contributed by atoms with Crippen molar-refractivity contribution in [1.29, 1.82) is 0 Å². The third kappa shape index (κ3) is 3.14. The molecule has 0 amide bonds. The van der Waals surface area contributed by atoms with Crippen LogP contribution in [0.15, 0.2) is 78.9 Å². The quantitative estimate of drug-likeness (QED) is 0.426. The molecule has 0 saturated heterocycles. The Bertz CT molecular complexity index is 1030. The van der Waals surface area contributed by atoms with Gasteiger partial charge in [0, 0.05) is 22.2 Å². The van der Waals surface area contributed by atoms with Gasteiger partial charge in [-0.2, -0.15) is 0 Å². The molecule has 4 aromatic rings. The monoisotopic (exact) mass is 358 g/mol. The number of ether oxygens (including phenoxy) is 1. The molecule has 0 fully saturated rings. The number of fused-ring (bicyclic) bond motifs is 1. The fourth-order valence-corrected chi connectivity index (χ4v) is 4.20. The van der Waals surface area contributed by atoms with Crippen LogP contribution >= 0.6 is 11.3 Å². The Morgan fingerprint density at radius 2 is 1.69 bits per heavy atom. The van der Waals surface area contributed by atoms with Crippen LogP contribution in [0.1, 0.15) is 26.4 Å². The van der Waals surface area contributed by atoms with Crippen molar-refractivity contribution in [2.24, 2.45) is 0 Å². The van der Waals surface area contributed by atoms with Crippen LogP contribution in [0.5, 0.6) is 5.75 Å². The highest BCUT2D eigenvalue weighted by molar-refractivity contribution is 7.21. The van der Waals surface area contributed by atoms with Gasteiger partial charge in [0.15, 0.2) is 0 Å². The predicted octanol–water partition coefficient (Wildman–Crippen LogP) is 5.73. The standard InChI is InChI=1S/C23H18O2S/c1-25-20-12-7-11-18(19(20)14-16-8-3-2-4-9-16)23(24)22-15-17-10-5-6-13-21(17)26-22/h2-13,15H,14H2,1H3. The van der Waals surface area contributed by atoms with Crippen LogP contribution in [0.2, 0.25) is 0 Å². The van der Waals surface area contributed by atoms with E-state index in [1.165, 1.54) is 11.3 Å². The molecule has 0 aliphatic rings. The molecule has 3 heteroatoms. The summed E-state index contributed by atoms with van der Waals surface area (Å²) in [5.41, 5.74) is 2.80. The number of benzene rings is 3. The largest absolute Gasteiger partial charge is 0.496 e. The lowest BCUT2D eigenvalue weighted by atomic mass is 9.95. The third-order valence-electron chi connectivity index (χ3n) is 4.47. The van der Waals surface area contributed by atoms with E-state index in [-0.39, 0.29) is 5.78 Å². The molecule has 1 heterocycles. The highest BCUT2D eigenvalue weighted by Crippen LogP contribution is 2.31. The zero-order valence-electron chi connectivity index (χ0n) is 14.4. The molecule has 0 radical (unpaired) electrons. The SMILES string of the molecule is COc1cccc(C(=O)c2cc3ccccc3s2)c1Cc1ccccc1. The van der Waals surface area contributed by atoms with E-state index in [0.29, 0.717) is 12.0 Å². The van der Waals surface area contributed by atoms with Gasteiger partial charge in [-0.25, -0.2) is 0 Å². The average Bonchev–Trinajstić information content (AvgIpc) is 3.12. The van der Waals surface area contributed by atoms with Gasteiger partial charge in [0.1, 0.15) is 5.75 Å². The Morgan fingerprint density at radius 3 is 2.46 bits per heavy atom. The van der Waals surface area contributed by atoms with Crippen LogP contribution in [0.25, 0.3) is 10.1 Å². The highest BCUT2D eigenvalue weighted by Gasteiger charge is 2.19. The van der Waals surface area contributed by atoms with Crippen LogP contribution in [0.4, 0.5) is 0 Å². The van der Waals surface area contributed by atoms with Crippen molar-refractivity contribution in [2.75, 3.05) is 7.11 Å². The summed E-state index contributed by atoms with van der Waals surface area (Å²) in [7, 11) is 1.65. The fraction of sp³-hybridized carbons (Fsp3) is 0.0870. The van der Waals surface area contributed by atoms with Crippen LogP contribution < -0.4 is 4.74 Å². The van der Waals surface area contributed by atoms with E-state index in [9.17, 15) is 4.79 Å². The van der Waals surface area contributed by atoms with Crippen molar-refractivity contribution >= 4 is 27.2 Å². The van der Waals surface area contributed by atoms with Crippen LogP contribution in [-0.4, -0.2) is 12.9 Å². The van der Waals surface area contributed by atoms with Gasteiger partial charge in [-0.15, -0.1) is 11.3 Å². The first-order valence-electron chi connectivity index (χ1n) is 8.49. The Morgan fingerprint density at radius 1 is 0.923 bits per heavy atom. The second kappa shape index (κ2) is 7.14. The van der Waals surface area contributed by atoms with Gasteiger partial charge in [0.05, 0.1) is 12.0 Å². The van der Waals surface area contributed by atoms with E-state index in [0.717, 1.165) is 31.8 Å². The topological polar surface area (TPSA) is 26.3 Å². The molecule has 26 heavy (non-hydrogen) atoms. The maximum absolute atomic E-state index is 13.2. The molecule has 1 aromatic heterocycles. The summed E-state index contributed by atoms with van der Waals surface area (Å²) >= 11 is 1.54. The summed E-state index contributed by atoms with van der Waals surface area (Å²) in [6.45, 7) is 0. The summed E-state index contributed by atoms with van der Waals surface area (Å²) in [6, 6.07) is 25.9. The van der Waals surface area contributed by atoms with Gasteiger partial charge in [0.2, 0.25) is 5.78 Å². The van der Waals surface area contributed by atoms with Crippen molar-refractivity contribution in [3.63, 3.8) is 0 Å². The lowest BCUT2D eigenvalue weighted by molar-refractivity contribution is 0.104. The number of hydrogen-bond donors (Lipinski definition) is 0. The zero-order valence-corrected chi connectivity index (χ0v) is 15.3. The average molecular weight is 358 g/mol. The normalized spacial score (nSPS) is 10.8. The van der Waals surface area contributed by atoms with Crippen molar-refractivity contribution in [3.05, 3.63) is 100 Å². The summed E-state index contributed by atoms with van der Waals surface area (Å²) in [4.78, 5) is 14.0. The number of rotatable bonds is 5. The van der Waals surface area contributed by atoms with Crippen LogP contribution in [0.3, 0.4) is 0 Å². The smallest absolute Gasteiger partial charge is 0.203 e. The fourth-order valence-electron chi connectivity index (χ4n) is 3.18. The first-order valence-corrected chi connectivity index (χ1v) is 9.31. The number of hydrogen-bond acceptors (Lipinski definition) is 3. The lowest BCUT2D eigenvalue weighted by Gasteiger charge is -2.13. The molecule has 0 aliphatic heterocycles. The first kappa shape index (κ1) is 16.6. The minimum Gasteiger partial charge on any atom is -0.496 e. The Labute approximate surface area is 156 Å². The van der Waals surface area contributed by atoms with Gasteiger partial charge in [-0.1, -0.05) is 60.7 Å². The molecule has 0 bridgehead atoms. The van der Waals surface area contributed by atoms with Crippen molar-refractivity contribution in [2.45, 2.75) is 6.42 Å². The first-order chi connectivity index (χ1) is 12.8. The minimum absolute atomic E-state index is 0.0519. The molecule has 0 spiro atoms. The maximum atomic E-state index is 13.2. The van der Waals surface area contributed by atoms with E-state index in [1.54, 1.807) is 7.11 Å². The second-order valence-corrected chi connectivity index (χ2v) is 7.21.